The number of nitrogens with zero attached hydrogens (tertiary/aromatic N) is 3. The zero-order valence-electron chi connectivity index (χ0n) is 12.8. The lowest BCUT2D eigenvalue weighted by Gasteiger charge is -2.19. The highest BCUT2D eigenvalue weighted by Gasteiger charge is 2.27. The summed E-state index contributed by atoms with van der Waals surface area (Å²) in [6.45, 7) is 3.88. The quantitative estimate of drug-likeness (QED) is 0.722. The fraction of sp³-hybridized carbons (Fsp3) is 0.294. The minimum atomic E-state index is -0.531. The predicted octanol–water partition coefficient (Wildman–Crippen LogP) is 2.43. The van der Waals surface area contributed by atoms with Gasteiger partial charge in [-0.1, -0.05) is 18.2 Å². The van der Waals surface area contributed by atoms with Crippen molar-refractivity contribution in [3.05, 3.63) is 41.7 Å². The van der Waals surface area contributed by atoms with Crippen molar-refractivity contribution in [3.63, 3.8) is 0 Å². The normalized spacial score (nSPS) is 14.0. The number of nitrogen functional groups attached to an aromatic ring is 1. The standard InChI is InChI=1S/C17H19N5/c1-17(2,19)22-9-10-7-8-13-14(16(10)21-22)15(18)11-5-3-4-6-12(11)20-13/h3-6,9H,7-8,19H2,1-2H3,(H2,18,20). The highest BCUT2D eigenvalue weighted by Crippen LogP contribution is 2.39. The van der Waals surface area contributed by atoms with Gasteiger partial charge in [0.05, 0.1) is 22.6 Å². The third kappa shape index (κ3) is 1.82. The summed E-state index contributed by atoms with van der Waals surface area (Å²) in [6.07, 6.45) is 3.84. The number of hydrogen-bond donors (Lipinski definition) is 2. The molecule has 0 aliphatic heterocycles. The summed E-state index contributed by atoms with van der Waals surface area (Å²) in [4.78, 5) is 4.79. The van der Waals surface area contributed by atoms with Crippen LogP contribution in [0.4, 0.5) is 5.69 Å². The van der Waals surface area contributed by atoms with Gasteiger partial charge in [0, 0.05) is 17.1 Å². The van der Waals surface area contributed by atoms with Crippen LogP contribution in [-0.4, -0.2) is 14.8 Å². The summed E-state index contributed by atoms with van der Waals surface area (Å²) in [5.41, 5.74) is 17.9. The van der Waals surface area contributed by atoms with Gasteiger partial charge in [-0.25, -0.2) is 0 Å². The van der Waals surface area contributed by atoms with Gasteiger partial charge in [-0.05, 0) is 38.3 Å². The van der Waals surface area contributed by atoms with Crippen LogP contribution in [0.5, 0.6) is 0 Å². The van der Waals surface area contributed by atoms with E-state index in [1.807, 2.05) is 49.0 Å². The van der Waals surface area contributed by atoms with Crippen molar-refractivity contribution >= 4 is 16.6 Å². The van der Waals surface area contributed by atoms with E-state index in [1.54, 1.807) is 0 Å². The zero-order chi connectivity index (χ0) is 15.5. The molecule has 0 atom stereocenters. The van der Waals surface area contributed by atoms with E-state index in [0.29, 0.717) is 0 Å². The van der Waals surface area contributed by atoms with Crippen LogP contribution in [-0.2, 0) is 18.5 Å². The van der Waals surface area contributed by atoms with Crippen LogP contribution in [0.15, 0.2) is 30.5 Å². The molecule has 5 heteroatoms. The number of anilines is 1. The van der Waals surface area contributed by atoms with Gasteiger partial charge in [0.25, 0.3) is 0 Å². The third-order valence-corrected chi connectivity index (χ3v) is 4.26. The monoisotopic (exact) mass is 293 g/mol. The number of hydrogen-bond acceptors (Lipinski definition) is 4. The van der Waals surface area contributed by atoms with Crippen LogP contribution in [0.1, 0.15) is 25.1 Å². The van der Waals surface area contributed by atoms with Gasteiger partial charge < -0.3 is 11.5 Å². The molecule has 2 aromatic heterocycles. The molecule has 0 spiro atoms. The van der Waals surface area contributed by atoms with Crippen LogP contribution in [0.3, 0.4) is 0 Å². The minimum absolute atomic E-state index is 0.531. The van der Waals surface area contributed by atoms with Crippen LogP contribution in [0.2, 0.25) is 0 Å². The van der Waals surface area contributed by atoms with Crippen molar-refractivity contribution < 1.29 is 0 Å². The maximum atomic E-state index is 6.45. The average molecular weight is 293 g/mol. The largest absolute Gasteiger partial charge is 0.398 e. The first-order valence-electron chi connectivity index (χ1n) is 7.50. The maximum absolute atomic E-state index is 6.45. The van der Waals surface area contributed by atoms with Crippen molar-refractivity contribution in [2.24, 2.45) is 5.73 Å². The summed E-state index contributed by atoms with van der Waals surface area (Å²) >= 11 is 0. The average Bonchev–Trinajstić information content (AvgIpc) is 2.91. The second-order valence-electron chi connectivity index (χ2n) is 6.47. The number of nitrogens with two attached hydrogens (primary N) is 2. The van der Waals surface area contributed by atoms with E-state index < -0.39 is 5.66 Å². The molecule has 0 fully saturated rings. The Hall–Kier alpha value is -2.40. The molecule has 1 aliphatic carbocycles. The fourth-order valence-electron chi connectivity index (χ4n) is 3.09. The van der Waals surface area contributed by atoms with Crippen molar-refractivity contribution in [2.75, 3.05) is 5.73 Å². The van der Waals surface area contributed by atoms with E-state index in [-0.39, 0.29) is 0 Å². The van der Waals surface area contributed by atoms with E-state index in [2.05, 4.69) is 0 Å². The van der Waals surface area contributed by atoms with Gasteiger partial charge in [-0.2, -0.15) is 5.10 Å². The summed E-state index contributed by atoms with van der Waals surface area (Å²) < 4.78 is 1.82. The molecule has 1 aromatic carbocycles. The van der Waals surface area contributed by atoms with Gasteiger partial charge in [0.1, 0.15) is 5.66 Å². The molecule has 3 aromatic rings. The smallest absolute Gasteiger partial charge is 0.104 e. The molecular formula is C17H19N5. The van der Waals surface area contributed by atoms with Crippen LogP contribution >= 0.6 is 0 Å². The molecule has 2 heterocycles. The molecule has 4 N–H and O–H groups in total. The highest BCUT2D eigenvalue weighted by atomic mass is 15.4. The Bertz CT molecular complexity index is 886. The number of aryl methyl sites for hydroxylation is 2. The van der Waals surface area contributed by atoms with E-state index in [4.69, 9.17) is 21.5 Å². The van der Waals surface area contributed by atoms with Gasteiger partial charge in [0.2, 0.25) is 0 Å². The lowest BCUT2D eigenvalue weighted by molar-refractivity contribution is 0.333. The van der Waals surface area contributed by atoms with Gasteiger partial charge in [-0.3, -0.25) is 9.67 Å². The summed E-state index contributed by atoms with van der Waals surface area (Å²) in [5, 5.41) is 5.68. The Kier molecular flexibility index (Phi) is 2.60. The van der Waals surface area contributed by atoms with Crippen LogP contribution in [0.25, 0.3) is 22.2 Å². The first-order chi connectivity index (χ1) is 10.4. The van der Waals surface area contributed by atoms with Gasteiger partial charge in [-0.15, -0.1) is 0 Å². The molecule has 0 saturated heterocycles. The van der Waals surface area contributed by atoms with Gasteiger partial charge in [0.15, 0.2) is 0 Å². The topological polar surface area (TPSA) is 82.8 Å². The van der Waals surface area contributed by atoms with E-state index in [9.17, 15) is 0 Å². The Balaban J connectivity index is 2.01. The van der Waals surface area contributed by atoms with Gasteiger partial charge >= 0.3 is 0 Å². The summed E-state index contributed by atoms with van der Waals surface area (Å²) in [6, 6.07) is 7.98. The molecule has 5 nitrogen and oxygen atoms in total. The number of benzene rings is 1. The Labute approximate surface area is 128 Å². The first kappa shape index (κ1) is 13.3. The van der Waals surface area contributed by atoms with Crippen molar-refractivity contribution in [3.8, 4) is 11.3 Å². The molecule has 0 radical (unpaired) electrons. The van der Waals surface area contributed by atoms with Crippen LogP contribution in [0, 0.1) is 0 Å². The molecule has 0 amide bonds. The molecule has 1 aliphatic rings. The zero-order valence-corrected chi connectivity index (χ0v) is 12.8. The molecule has 22 heavy (non-hydrogen) atoms. The second kappa shape index (κ2) is 4.30. The van der Waals surface area contributed by atoms with E-state index in [1.165, 1.54) is 5.56 Å². The number of aromatic nitrogens is 3. The third-order valence-electron chi connectivity index (χ3n) is 4.26. The molecule has 0 saturated carbocycles. The van der Waals surface area contributed by atoms with Crippen LogP contribution < -0.4 is 11.5 Å². The molecule has 112 valence electrons. The minimum Gasteiger partial charge on any atom is -0.398 e. The lowest BCUT2D eigenvalue weighted by atomic mass is 9.91. The molecule has 0 bridgehead atoms. The lowest BCUT2D eigenvalue weighted by Crippen LogP contribution is -2.36. The Morgan fingerprint density at radius 2 is 1.95 bits per heavy atom. The summed E-state index contributed by atoms with van der Waals surface area (Å²) in [5.74, 6) is 0. The molecule has 0 unspecified atom stereocenters. The van der Waals surface area contributed by atoms with Crippen molar-refractivity contribution in [2.45, 2.75) is 32.4 Å². The van der Waals surface area contributed by atoms with E-state index >= 15 is 0 Å². The maximum Gasteiger partial charge on any atom is 0.104 e. The summed E-state index contributed by atoms with van der Waals surface area (Å²) in [7, 11) is 0. The fourth-order valence-corrected chi connectivity index (χ4v) is 3.09. The Morgan fingerprint density at radius 3 is 2.73 bits per heavy atom. The number of pyridine rings is 1. The molecular weight excluding hydrogens is 274 g/mol. The number of fused-ring (bicyclic) bond motifs is 4. The highest BCUT2D eigenvalue weighted by molar-refractivity contribution is 5.99. The van der Waals surface area contributed by atoms with E-state index in [0.717, 1.165) is 46.4 Å². The SMILES string of the molecule is CC(C)(N)n1cc2c(n1)-c1c(nc3ccccc3c1N)CC2. The second-order valence-corrected chi connectivity index (χ2v) is 6.47. The first-order valence-corrected chi connectivity index (χ1v) is 7.50. The predicted molar refractivity (Wildman–Crippen MR) is 88.3 cm³/mol. The Morgan fingerprint density at radius 1 is 1.18 bits per heavy atom. The van der Waals surface area contributed by atoms with Crippen molar-refractivity contribution in [1.82, 2.24) is 14.8 Å². The number of para-hydroxylation sites is 1. The molecule has 4 rings (SSSR count). The van der Waals surface area contributed by atoms with Crippen molar-refractivity contribution in [1.29, 1.82) is 0 Å². The number of rotatable bonds is 1.